The zero-order chi connectivity index (χ0) is 30.4. The molecule has 12 heteroatoms. The summed E-state index contributed by atoms with van der Waals surface area (Å²) in [5.41, 5.74) is 1.71. The predicted molar refractivity (Wildman–Crippen MR) is 163 cm³/mol. The van der Waals surface area contributed by atoms with Crippen molar-refractivity contribution < 1.29 is 32.1 Å². The number of ether oxygens (including phenoxy) is 2. The molecule has 2 aliphatic rings. The van der Waals surface area contributed by atoms with Crippen LogP contribution in [-0.4, -0.2) is 88.4 Å². The van der Waals surface area contributed by atoms with Gasteiger partial charge in [0.25, 0.3) is 0 Å². The van der Waals surface area contributed by atoms with E-state index in [4.69, 9.17) is 9.47 Å². The average Bonchev–Trinajstić information content (AvgIpc) is 3.33. The Labute approximate surface area is 252 Å². The first kappa shape index (κ1) is 31.2. The summed E-state index contributed by atoms with van der Waals surface area (Å²) in [6, 6.07) is 8.57. The summed E-state index contributed by atoms with van der Waals surface area (Å²) >= 11 is 1.26. The van der Waals surface area contributed by atoms with Crippen LogP contribution in [0.5, 0.6) is 5.75 Å². The highest BCUT2D eigenvalue weighted by atomic mass is 32.1. The number of nitrogens with zero attached hydrogens (tertiary/aromatic N) is 2. The fourth-order valence-corrected chi connectivity index (χ4v) is 6.57. The molecule has 2 aliphatic heterocycles. The summed E-state index contributed by atoms with van der Waals surface area (Å²) < 4.78 is 67.8. The number of aliphatic hydroxyl groups is 1. The van der Waals surface area contributed by atoms with E-state index in [1.807, 2.05) is 11.0 Å². The summed E-state index contributed by atoms with van der Waals surface area (Å²) in [5, 5.41) is 16.4. The Bertz CT molecular complexity index is 1460. The van der Waals surface area contributed by atoms with Gasteiger partial charge in [-0.1, -0.05) is 24.0 Å². The van der Waals surface area contributed by atoms with E-state index < -0.39 is 18.4 Å². The van der Waals surface area contributed by atoms with Crippen LogP contribution in [0.1, 0.15) is 23.3 Å². The van der Waals surface area contributed by atoms with Crippen LogP contribution in [0.4, 0.5) is 34.6 Å². The van der Waals surface area contributed by atoms with Crippen LogP contribution < -0.4 is 20.3 Å². The number of aliphatic hydroxyl groups excluding tert-OH is 1. The Hall–Kier alpha value is -3.24. The lowest BCUT2D eigenvalue weighted by atomic mass is 10.0. The molecule has 3 aromatic rings. The minimum Gasteiger partial charge on any atom is -0.489 e. The van der Waals surface area contributed by atoms with Crippen molar-refractivity contribution in [3.8, 4) is 17.6 Å². The Kier molecular flexibility index (Phi) is 10.2. The quantitative estimate of drug-likeness (QED) is 0.221. The van der Waals surface area contributed by atoms with Crippen molar-refractivity contribution in [2.24, 2.45) is 0 Å². The van der Waals surface area contributed by atoms with Crippen molar-refractivity contribution in [2.45, 2.75) is 31.5 Å². The number of benzene rings is 2. The molecule has 0 spiro atoms. The number of halogens is 4. The Morgan fingerprint density at radius 2 is 1.88 bits per heavy atom. The molecular formula is C31H36F4N4O3S. The molecule has 0 saturated carbocycles. The second-order valence-electron chi connectivity index (χ2n) is 10.7. The van der Waals surface area contributed by atoms with Crippen molar-refractivity contribution in [1.82, 2.24) is 4.90 Å². The van der Waals surface area contributed by atoms with E-state index in [-0.39, 0.29) is 31.4 Å². The van der Waals surface area contributed by atoms with Crippen LogP contribution >= 0.6 is 11.3 Å². The topological polar surface area (TPSA) is 69.2 Å². The number of hydrogen-bond donors (Lipinski definition) is 3. The fourth-order valence-electron chi connectivity index (χ4n) is 5.40. The number of thiophene rings is 1. The van der Waals surface area contributed by atoms with Gasteiger partial charge in [0.15, 0.2) is 0 Å². The second-order valence-corrected chi connectivity index (χ2v) is 11.8. The van der Waals surface area contributed by atoms with Crippen molar-refractivity contribution in [3.63, 3.8) is 0 Å². The third-order valence-electron chi connectivity index (χ3n) is 7.59. The van der Waals surface area contributed by atoms with E-state index in [1.165, 1.54) is 17.4 Å². The van der Waals surface area contributed by atoms with Crippen LogP contribution in [0.15, 0.2) is 30.3 Å². The Balaban J connectivity index is 1.38. The summed E-state index contributed by atoms with van der Waals surface area (Å²) in [6.45, 7) is 3.85. The smallest absolute Gasteiger partial charge is 0.393 e. The van der Waals surface area contributed by atoms with Crippen molar-refractivity contribution in [3.05, 3.63) is 46.6 Å². The maximum Gasteiger partial charge on any atom is 0.393 e. The average molecular weight is 621 g/mol. The molecule has 2 aromatic carbocycles. The van der Waals surface area contributed by atoms with Gasteiger partial charge in [-0.3, -0.25) is 0 Å². The minimum absolute atomic E-state index is 0.0189. The van der Waals surface area contributed by atoms with Gasteiger partial charge in [-0.15, -0.1) is 11.3 Å². The first-order chi connectivity index (χ1) is 20.7. The number of anilines is 3. The molecule has 7 nitrogen and oxygen atoms in total. The monoisotopic (exact) mass is 620 g/mol. The van der Waals surface area contributed by atoms with E-state index >= 15 is 4.39 Å². The zero-order valence-corrected chi connectivity index (χ0v) is 24.8. The van der Waals surface area contributed by atoms with Crippen LogP contribution in [0, 0.1) is 17.7 Å². The number of likely N-dealkylation sites (tertiary alicyclic amines) is 1. The number of fused-ring (bicyclic) bond motifs is 1. The molecule has 0 aliphatic carbocycles. The van der Waals surface area contributed by atoms with E-state index in [0.717, 1.165) is 36.3 Å². The van der Waals surface area contributed by atoms with E-state index in [2.05, 4.69) is 34.4 Å². The van der Waals surface area contributed by atoms with Gasteiger partial charge in [-0.05, 0) is 50.0 Å². The molecule has 0 atom stereocenters. The van der Waals surface area contributed by atoms with Gasteiger partial charge < -0.3 is 35.0 Å². The van der Waals surface area contributed by atoms with Gasteiger partial charge in [-0.2, -0.15) is 13.2 Å². The highest BCUT2D eigenvalue weighted by Crippen LogP contribution is 2.39. The molecule has 0 bridgehead atoms. The fraction of sp³-hybridized carbons (Fsp3) is 0.484. The van der Waals surface area contributed by atoms with Crippen LogP contribution in [0.2, 0.25) is 0 Å². The lowest BCUT2D eigenvalue weighted by Gasteiger charge is -2.30. The summed E-state index contributed by atoms with van der Waals surface area (Å²) in [6.07, 6.45) is -3.54. The first-order valence-corrected chi connectivity index (χ1v) is 15.2. The lowest BCUT2D eigenvalue weighted by Crippen LogP contribution is -2.36. The maximum atomic E-state index is 15.1. The molecule has 0 radical (unpaired) electrons. The number of nitrogens with one attached hydrogen (secondary N) is 2. The lowest BCUT2D eigenvalue weighted by molar-refractivity contribution is -0.126. The minimum atomic E-state index is -4.39. The van der Waals surface area contributed by atoms with E-state index in [1.54, 1.807) is 18.2 Å². The van der Waals surface area contributed by atoms with Gasteiger partial charge in [0.1, 0.15) is 18.2 Å². The number of morpholine rings is 1. The van der Waals surface area contributed by atoms with E-state index in [0.29, 0.717) is 53.7 Å². The highest BCUT2D eigenvalue weighted by molar-refractivity contribution is 7.20. The first-order valence-electron chi connectivity index (χ1n) is 14.4. The molecule has 1 aromatic heterocycles. The van der Waals surface area contributed by atoms with Gasteiger partial charge in [0.2, 0.25) is 0 Å². The van der Waals surface area contributed by atoms with Crippen LogP contribution in [-0.2, 0) is 11.2 Å². The molecule has 2 fully saturated rings. The Morgan fingerprint density at radius 3 is 2.60 bits per heavy atom. The normalized spacial score (nSPS) is 16.7. The third-order valence-corrected chi connectivity index (χ3v) is 8.79. The number of piperidine rings is 1. The SMILES string of the molecule is CN1CCC(Nc2cccc3c(CC(F)(F)F)c(C#CCNc4cc(F)c(N5CCOCC5)cc4OCCO)sc23)CC1. The van der Waals surface area contributed by atoms with Gasteiger partial charge in [0, 0.05) is 31.3 Å². The van der Waals surface area contributed by atoms with Crippen molar-refractivity contribution >= 4 is 38.5 Å². The van der Waals surface area contributed by atoms with Crippen molar-refractivity contribution in [2.75, 3.05) is 81.7 Å². The third kappa shape index (κ3) is 8.03. The molecule has 3 N–H and O–H groups in total. The molecule has 232 valence electrons. The number of rotatable bonds is 9. The molecule has 0 amide bonds. The van der Waals surface area contributed by atoms with Gasteiger partial charge >= 0.3 is 6.18 Å². The summed E-state index contributed by atoms with van der Waals surface area (Å²) in [5.74, 6) is 5.77. The number of hydrogen-bond acceptors (Lipinski definition) is 8. The van der Waals surface area contributed by atoms with E-state index in [9.17, 15) is 18.3 Å². The number of alkyl halides is 3. The van der Waals surface area contributed by atoms with Crippen molar-refractivity contribution in [1.29, 1.82) is 0 Å². The maximum absolute atomic E-state index is 15.1. The summed E-state index contributed by atoms with van der Waals surface area (Å²) in [7, 11) is 2.08. The molecule has 43 heavy (non-hydrogen) atoms. The zero-order valence-electron chi connectivity index (χ0n) is 24.0. The molecule has 3 heterocycles. The molecular weight excluding hydrogens is 584 g/mol. The highest BCUT2D eigenvalue weighted by Gasteiger charge is 2.31. The molecule has 5 rings (SSSR count). The molecule has 2 saturated heterocycles. The molecule has 0 unspecified atom stereocenters. The van der Waals surface area contributed by atoms with Gasteiger partial charge in [-0.25, -0.2) is 4.39 Å². The van der Waals surface area contributed by atoms with Gasteiger partial charge in [0.05, 0.1) is 59.4 Å². The summed E-state index contributed by atoms with van der Waals surface area (Å²) in [4.78, 5) is 4.49. The Morgan fingerprint density at radius 1 is 1.12 bits per heavy atom. The van der Waals surface area contributed by atoms with Crippen LogP contribution in [0.25, 0.3) is 10.1 Å². The standard InChI is InChI=1S/C31H36F4N4O3S/c1-38-10-7-21(8-11-38)37-25-5-2-4-22-23(20-31(33,34)35)29(43-30(22)25)6-3-9-36-26-18-24(32)27(19-28(26)42-17-14-40)39-12-15-41-16-13-39/h2,4-5,18-19,21,36-37,40H,7-17,20H2,1H3. The predicted octanol–water partition coefficient (Wildman–Crippen LogP) is 5.32. The second kappa shape index (κ2) is 14.0. The largest absolute Gasteiger partial charge is 0.489 e. The van der Waals surface area contributed by atoms with Crippen LogP contribution in [0.3, 0.4) is 0 Å².